The number of rotatable bonds is 11. The Kier molecular flexibility index (Phi) is 8.23. The van der Waals surface area contributed by atoms with Gasteiger partial charge in [0.05, 0.1) is 0 Å². The Balaban J connectivity index is 1.34. The highest BCUT2D eigenvalue weighted by molar-refractivity contribution is 7.81. The second-order valence-electron chi connectivity index (χ2n) is 9.52. The van der Waals surface area contributed by atoms with E-state index >= 15 is 0 Å². The molecule has 0 atom stereocenters. The molecule has 4 N–H and O–H groups in total. The van der Waals surface area contributed by atoms with E-state index in [1.165, 1.54) is 12.1 Å². The summed E-state index contributed by atoms with van der Waals surface area (Å²) in [5.74, 6) is 1.50. The molecular weight excluding hydrogens is 516 g/mol. The summed E-state index contributed by atoms with van der Waals surface area (Å²) in [5, 5.41) is 7.47. The van der Waals surface area contributed by atoms with Crippen LogP contribution in [0.1, 0.15) is 41.7 Å². The molecule has 0 aliphatic heterocycles. The van der Waals surface area contributed by atoms with Crippen molar-refractivity contribution in [2.24, 2.45) is 5.73 Å². The van der Waals surface area contributed by atoms with Gasteiger partial charge in [0.1, 0.15) is 36.3 Å². The van der Waals surface area contributed by atoms with Crippen LogP contribution < -0.4 is 19.4 Å². The largest absolute Gasteiger partial charge is 0.489 e. The molecular formula is C30H30N2O6S. The van der Waals surface area contributed by atoms with E-state index in [4.69, 9.17) is 25.2 Å². The zero-order chi connectivity index (χ0) is 28.0. The molecule has 0 amide bonds. The lowest BCUT2D eigenvalue weighted by Gasteiger charge is -2.26. The van der Waals surface area contributed by atoms with Gasteiger partial charge in [0.2, 0.25) is 0 Å². The lowest BCUT2D eigenvalue weighted by Crippen LogP contribution is -2.18. The minimum Gasteiger partial charge on any atom is -0.489 e. The predicted octanol–water partition coefficient (Wildman–Crippen LogP) is 5.64. The summed E-state index contributed by atoms with van der Waals surface area (Å²) in [7, 11) is -4.56. The first-order valence-electron chi connectivity index (χ1n) is 12.2. The summed E-state index contributed by atoms with van der Waals surface area (Å²) in [6, 6.07) is 29.5. The third kappa shape index (κ3) is 7.59. The van der Waals surface area contributed by atoms with Crippen molar-refractivity contribution in [3.63, 3.8) is 0 Å². The highest BCUT2D eigenvalue weighted by atomic mass is 32.3. The summed E-state index contributed by atoms with van der Waals surface area (Å²) < 4.78 is 47.0. The van der Waals surface area contributed by atoms with Crippen LogP contribution in [0.25, 0.3) is 0 Å². The molecule has 4 aromatic rings. The summed E-state index contributed by atoms with van der Waals surface area (Å²) >= 11 is 0. The molecule has 202 valence electrons. The molecule has 0 saturated heterocycles. The SMILES string of the molecule is CC(C)(c1ccc(OCc2cccc(COc3ccc(C(=N)N)cc3)c2)cc1)c1ccc(OS(=O)(=O)O)cc1. The maximum Gasteiger partial charge on any atom is 0.446 e. The quantitative estimate of drug-likeness (QED) is 0.126. The normalized spacial score (nSPS) is 11.6. The molecule has 9 heteroatoms. The molecule has 0 spiro atoms. The van der Waals surface area contributed by atoms with Crippen LogP contribution in [-0.4, -0.2) is 18.8 Å². The Morgan fingerprint density at radius 3 is 1.64 bits per heavy atom. The maximum absolute atomic E-state index is 10.9. The fourth-order valence-electron chi connectivity index (χ4n) is 4.06. The minimum atomic E-state index is -4.56. The van der Waals surface area contributed by atoms with Crippen LogP contribution in [0, 0.1) is 5.41 Å². The highest BCUT2D eigenvalue weighted by Gasteiger charge is 2.23. The molecule has 0 unspecified atom stereocenters. The van der Waals surface area contributed by atoms with Gasteiger partial charge in [-0.2, -0.15) is 8.42 Å². The molecule has 0 saturated carbocycles. The number of nitrogen functional groups attached to an aromatic ring is 1. The molecule has 0 bridgehead atoms. The second kappa shape index (κ2) is 11.6. The van der Waals surface area contributed by atoms with Crippen LogP contribution >= 0.6 is 0 Å². The monoisotopic (exact) mass is 546 g/mol. The number of amidine groups is 1. The van der Waals surface area contributed by atoms with E-state index in [-0.39, 0.29) is 17.0 Å². The number of benzene rings is 4. The molecule has 8 nitrogen and oxygen atoms in total. The third-order valence-electron chi connectivity index (χ3n) is 6.32. The number of hydrogen-bond acceptors (Lipinski definition) is 6. The Morgan fingerprint density at radius 1 is 0.769 bits per heavy atom. The number of nitrogens with two attached hydrogens (primary N) is 1. The molecule has 0 heterocycles. The zero-order valence-corrected chi connectivity index (χ0v) is 22.4. The molecule has 4 aromatic carbocycles. The van der Waals surface area contributed by atoms with E-state index in [9.17, 15) is 8.42 Å². The Hall–Kier alpha value is -4.34. The molecule has 4 rings (SSSR count). The van der Waals surface area contributed by atoms with Crippen molar-refractivity contribution in [1.82, 2.24) is 0 Å². The van der Waals surface area contributed by atoms with Gasteiger partial charge in [-0.05, 0) is 76.9 Å². The lowest BCUT2D eigenvalue weighted by molar-refractivity contribution is 0.300. The van der Waals surface area contributed by atoms with E-state index in [0.717, 1.165) is 28.0 Å². The van der Waals surface area contributed by atoms with Crippen molar-refractivity contribution in [2.45, 2.75) is 32.5 Å². The van der Waals surface area contributed by atoms with Crippen LogP contribution in [0.4, 0.5) is 0 Å². The summed E-state index contributed by atoms with van der Waals surface area (Å²) in [6.07, 6.45) is 0. The van der Waals surface area contributed by atoms with Crippen molar-refractivity contribution >= 4 is 16.2 Å². The minimum absolute atomic E-state index is 0.0222. The van der Waals surface area contributed by atoms with E-state index in [0.29, 0.717) is 24.5 Å². The van der Waals surface area contributed by atoms with E-state index in [1.807, 2.05) is 48.5 Å². The first kappa shape index (κ1) is 27.7. The van der Waals surface area contributed by atoms with Gasteiger partial charge < -0.3 is 19.4 Å². The van der Waals surface area contributed by atoms with Gasteiger partial charge in [0.15, 0.2) is 0 Å². The first-order chi connectivity index (χ1) is 18.5. The van der Waals surface area contributed by atoms with Gasteiger partial charge in [0, 0.05) is 11.0 Å². The van der Waals surface area contributed by atoms with Crippen LogP contribution in [-0.2, 0) is 29.0 Å². The molecule has 0 fully saturated rings. The van der Waals surface area contributed by atoms with Gasteiger partial charge >= 0.3 is 10.4 Å². The van der Waals surface area contributed by atoms with E-state index in [1.54, 1.807) is 36.4 Å². The Morgan fingerprint density at radius 2 is 1.21 bits per heavy atom. The van der Waals surface area contributed by atoms with Crippen LogP contribution in [0.3, 0.4) is 0 Å². The Labute approximate surface area is 228 Å². The molecule has 0 radical (unpaired) electrons. The van der Waals surface area contributed by atoms with Crippen molar-refractivity contribution in [1.29, 1.82) is 5.41 Å². The van der Waals surface area contributed by atoms with Crippen molar-refractivity contribution in [3.05, 3.63) is 125 Å². The summed E-state index contributed by atoms with van der Waals surface area (Å²) in [4.78, 5) is 0. The fourth-order valence-corrected chi connectivity index (χ4v) is 4.41. The molecule has 39 heavy (non-hydrogen) atoms. The van der Waals surface area contributed by atoms with E-state index < -0.39 is 10.4 Å². The van der Waals surface area contributed by atoms with E-state index in [2.05, 4.69) is 18.0 Å². The summed E-state index contributed by atoms with van der Waals surface area (Å²) in [5.41, 5.74) is 9.81. The smallest absolute Gasteiger partial charge is 0.446 e. The number of nitrogens with one attached hydrogen (secondary N) is 1. The average Bonchev–Trinajstić information content (AvgIpc) is 2.91. The first-order valence-corrected chi connectivity index (χ1v) is 13.5. The maximum atomic E-state index is 10.9. The van der Waals surface area contributed by atoms with Gasteiger partial charge in [-0.3, -0.25) is 9.96 Å². The van der Waals surface area contributed by atoms with Crippen LogP contribution in [0.15, 0.2) is 97.1 Å². The van der Waals surface area contributed by atoms with Gasteiger partial charge in [0.25, 0.3) is 0 Å². The van der Waals surface area contributed by atoms with Crippen LogP contribution in [0.5, 0.6) is 17.2 Å². The van der Waals surface area contributed by atoms with Crippen LogP contribution in [0.2, 0.25) is 0 Å². The van der Waals surface area contributed by atoms with Crippen molar-refractivity contribution in [2.75, 3.05) is 0 Å². The number of ether oxygens (including phenoxy) is 2. The topological polar surface area (TPSA) is 132 Å². The lowest BCUT2D eigenvalue weighted by atomic mass is 9.78. The summed E-state index contributed by atoms with van der Waals surface area (Å²) in [6.45, 7) is 4.93. The van der Waals surface area contributed by atoms with Crippen molar-refractivity contribution < 1.29 is 26.6 Å². The van der Waals surface area contributed by atoms with Gasteiger partial charge in [-0.15, -0.1) is 0 Å². The zero-order valence-electron chi connectivity index (χ0n) is 21.6. The van der Waals surface area contributed by atoms with Gasteiger partial charge in [-0.25, -0.2) is 0 Å². The average molecular weight is 547 g/mol. The molecule has 0 aliphatic carbocycles. The third-order valence-corrected chi connectivity index (χ3v) is 6.72. The fraction of sp³-hybridized carbons (Fsp3) is 0.167. The van der Waals surface area contributed by atoms with Crippen molar-refractivity contribution in [3.8, 4) is 17.2 Å². The number of hydrogen-bond donors (Lipinski definition) is 3. The predicted molar refractivity (Wildman–Crippen MR) is 150 cm³/mol. The van der Waals surface area contributed by atoms with Gasteiger partial charge in [-0.1, -0.05) is 56.3 Å². The standard InChI is InChI=1S/C30H30N2O6S/c1-30(2,25-10-16-28(17-11-25)38-39(33,34)35)24-8-14-27(15-9-24)37-20-22-5-3-4-21(18-22)19-36-26-12-6-23(7-13-26)29(31)32/h3-18H,19-20H2,1-2H3,(H3,31,32)(H,33,34,35). The second-order valence-corrected chi connectivity index (χ2v) is 10.5. The Bertz CT molecular complexity index is 1530. The molecule has 0 aliphatic rings. The molecule has 0 aromatic heterocycles. The highest BCUT2D eigenvalue weighted by Crippen LogP contribution is 2.33.